The average molecular weight is 460 g/mol. The number of pyridine rings is 1. The molecule has 1 amide bonds. The predicted molar refractivity (Wildman–Crippen MR) is 119 cm³/mol. The molecular formula is C21H22ClN5O3S. The van der Waals surface area contributed by atoms with E-state index in [1.807, 2.05) is 16.7 Å². The molecule has 0 atom stereocenters. The van der Waals surface area contributed by atoms with Crippen LogP contribution in [0.2, 0.25) is 5.02 Å². The molecule has 1 fully saturated rings. The van der Waals surface area contributed by atoms with Gasteiger partial charge in [-0.3, -0.25) is 9.78 Å². The number of anilines is 1. The number of fused-ring (bicyclic) bond motifs is 3. The molecule has 1 N–H and O–H groups in total. The van der Waals surface area contributed by atoms with Crippen molar-refractivity contribution >= 4 is 44.1 Å². The number of imidazole rings is 1. The lowest BCUT2D eigenvalue weighted by Crippen LogP contribution is -2.61. The summed E-state index contributed by atoms with van der Waals surface area (Å²) in [5, 5.41) is 3.80. The molecule has 31 heavy (non-hydrogen) atoms. The topological polar surface area (TPSA) is 97.2 Å². The van der Waals surface area contributed by atoms with Gasteiger partial charge in [-0.25, -0.2) is 13.4 Å². The van der Waals surface area contributed by atoms with Crippen molar-refractivity contribution < 1.29 is 13.2 Å². The quantitative estimate of drug-likeness (QED) is 0.604. The van der Waals surface area contributed by atoms with Crippen molar-refractivity contribution in [1.82, 2.24) is 19.9 Å². The van der Waals surface area contributed by atoms with Crippen LogP contribution in [0.4, 0.5) is 5.69 Å². The maximum atomic E-state index is 13.4. The van der Waals surface area contributed by atoms with Gasteiger partial charge in [0.25, 0.3) is 0 Å². The summed E-state index contributed by atoms with van der Waals surface area (Å²) in [6.45, 7) is 1.99. The summed E-state index contributed by atoms with van der Waals surface area (Å²) in [5.41, 5.74) is 2.86. The molecule has 2 aliphatic rings. The second-order valence-corrected chi connectivity index (χ2v) is 11.0. The van der Waals surface area contributed by atoms with Crippen molar-refractivity contribution in [3.63, 3.8) is 0 Å². The second kappa shape index (κ2) is 7.29. The fourth-order valence-corrected chi connectivity index (χ4v) is 5.33. The number of nitrogens with zero attached hydrogens (tertiary/aromatic N) is 4. The van der Waals surface area contributed by atoms with Gasteiger partial charge in [0.1, 0.15) is 21.1 Å². The fraction of sp³-hybridized carbons (Fsp3) is 0.381. The normalized spacial score (nSPS) is 17.4. The zero-order valence-electron chi connectivity index (χ0n) is 17.0. The van der Waals surface area contributed by atoms with E-state index in [9.17, 15) is 13.2 Å². The average Bonchev–Trinajstić information content (AvgIpc) is 3.13. The van der Waals surface area contributed by atoms with Gasteiger partial charge in [0, 0.05) is 37.1 Å². The van der Waals surface area contributed by atoms with Crippen LogP contribution in [0.15, 0.2) is 36.7 Å². The molecule has 0 aliphatic carbocycles. The first-order valence-electron chi connectivity index (χ1n) is 10.1. The molecule has 10 heteroatoms. The maximum Gasteiger partial charge on any atom is 0.240 e. The molecule has 2 aliphatic heterocycles. The smallest absolute Gasteiger partial charge is 0.240 e. The molecule has 162 valence electrons. The van der Waals surface area contributed by atoms with Gasteiger partial charge in [-0.15, -0.1) is 0 Å². The van der Waals surface area contributed by atoms with Crippen LogP contribution in [0.3, 0.4) is 0 Å². The number of carbonyl (C=O) groups is 1. The summed E-state index contributed by atoms with van der Waals surface area (Å²) < 4.78 is 25.2. The molecule has 0 saturated carbocycles. The Balaban J connectivity index is 1.53. The second-order valence-electron chi connectivity index (χ2n) is 8.27. The standard InChI is InChI=1S/C21H22ClN5O3S/c1-31(29,30)8-2-7-26-17-4-3-14(22)9-16(17)25-19(26)11-27-18-10-23-6-5-15(18)21(20(27)28)12-24-13-21/h3-6,9-10,24H,2,7-8,11-13H2,1H3. The minimum atomic E-state index is -3.07. The zero-order chi connectivity index (χ0) is 21.8. The summed E-state index contributed by atoms with van der Waals surface area (Å²) in [6.07, 6.45) is 5.14. The van der Waals surface area contributed by atoms with E-state index in [-0.39, 0.29) is 18.2 Å². The van der Waals surface area contributed by atoms with Gasteiger partial charge in [-0.1, -0.05) is 11.6 Å². The van der Waals surface area contributed by atoms with Crippen LogP contribution in [0.25, 0.3) is 11.0 Å². The number of benzene rings is 1. The molecule has 5 rings (SSSR count). The number of amides is 1. The Bertz CT molecular complexity index is 1300. The first kappa shape index (κ1) is 20.4. The number of rotatable bonds is 6. The van der Waals surface area contributed by atoms with E-state index in [4.69, 9.17) is 16.6 Å². The van der Waals surface area contributed by atoms with Gasteiger partial charge >= 0.3 is 0 Å². The lowest BCUT2D eigenvalue weighted by atomic mass is 9.77. The largest absolute Gasteiger partial charge is 0.326 e. The monoisotopic (exact) mass is 459 g/mol. The first-order valence-corrected chi connectivity index (χ1v) is 12.5. The molecule has 0 bridgehead atoms. The number of aryl methyl sites for hydroxylation is 1. The summed E-state index contributed by atoms with van der Waals surface area (Å²) in [6, 6.07) is 7.37. The highest BCUT2D eigenvalue weighted by Crippen LogP contribution is 2.44. The lowest BCUT2D eigenvalue weighted by Gasteiger charge is -2.37. The van der Waals surface area contributed by atoms with Crippen molar-refractivity contribution in [3.05, 3.63) is 53.1 Å². The molecule has 4 heterocycles. The molecule has 0 radical (unpaired) electrons. The molecule has 2 aromatic heterocycles. The number of sulfone groups is 1. The van der Waals surface area contributed by atoms with Crippen LogP contribution in [-0.2, 0) is 33.1 Å². The van der Waals surface area contributed by atoms with Crippen molar-refractivity contribution in [2.45, 2.75) is 24.9 Å². The van der Waals surface area contributed by atoms with Gasteiger partial charge in [-0.05, 0) is 36.2 Å². The number of halogens is 1. The Kier molecular flexibility index (Phi) is 4.80. The van der Waals surface area contributed by atoms with Crippen molar-refractivity contribution in [2.24, 2.45) is 0 Å². The van der Waals surface area contributed by atoms with Crippen LogP contribution in [0.5, 0.6) is 0 Å². The highest BCUT2D eigenvalue weighted by atomic mass is 35.5. The highest BCUT2D eigenvalue weighted by molar-refractivity contribution is 7.90. The maximum absolute atomic E-state index is 13.4. The van der Waals surface area contributed by atoms with E-state index >= 15 is 0 Å². The number of carbonyl (C=O) groups excluding carboxylic acids is 1. The molecule has 8 nitrogen and oxygen atoms in total. The number of nitrogens with one attached hydrogen (secondary N) is 1. The molecule has 0 unspecified atom stereocenters. The highest BCUT2D eigenvalue weighted by Gasteiger charge is 2.54. The Hall–Kier alpha value is -2.49. The summed E-state index contributed by atoms with van der Waals surface area (Å²) in [7, 11) is -3.07. The Morgan fingerprint density at radius 2 is 2.06 bits per heavy atom. The number of hydrogen-bond donors (Lipinski definition) is 1. The number of aromatic nitrogens is 3. The summed E-state index contributed by atoms with van der Waals surface area (Å²) in [5.74, 6) is 0.824. The van der Waals surface area contributed by atoms with Crippen LogP contribution in [0, 0.1) is 0 Å². The molecule has 1 spiro atoms. The van der Waals surface area contributed by atoms with Crippen LogP contribution < -0.4 is 10.2 Å². The summed E-state index contributed by atoms with van der Waals surface area (Å²) in [4.78, 5) is 24.2. The van der Waals surface area contributed by atoms with Gasteiger partial charge in [0.2, 0.25) is 5.91 Å². The van der Waals surface area contributed by atoms with Crippen LogP contribution in [-0.4, -0.2) is 54.0 Å². The molecule has 1 aromatic carbocycles. The zero-order valence-corrected chi connectivity index (χ0v) is 18.6. The van der Waals surface area contributed by atoms with E-state index in [0.29, 0.717) is 36.9 Å². The van der Waals surface area contributed by atoms with Crippen molar-refractivity contribution in [1.29, 1.82) is 0 Å². The van der Waals surface area contributed by atoms with Gasteiger partial charge in [0.05, 0.1) is 35.2 Å². The van der Waals surface area contributed by atoms with Gasteiger partial charge < -0.3 is 14.8 Å². The third-order valence-corrected chi connectivity index (χ3v) is 7.37. The minimum Gasteiger partial charge on any atom is -0.326 e. The Morgan fingerprint density at radius 1 is 1.26 bits per heavy atom. The third-order valence-electron chi connectivity index (χ3n) is 6.10. The molecule has 1 saturated heterocycles. The third kappa shape index (κ3) is 3.40. The molecular weight excluding hydrogens is 438 g/mol. The Labute approximate surface area is 185 Å². The van der Waals surface area contributed by atoms with E-state index < -0.39 is 15.3 Å². The lowest BCUT2D eigenvalue weighted by molar-refractivity contribution is -0.125. The van der Waals surface area contributed by atoms with Crippen LogP contribution in [0.1, 0.15) is 17.8 Å². The van der Waals surface area contributed by atoms with Gasteiger partial charge in [-0.2, -0.15) is 0 Å². The predicted octanol–water partition coefficient (Wildman–Crippen LogP) is 1.91. The minimum absolute atomic E-state index is 0.0435. The van der Waals surface area contributed by atoms with E-state index in [0.717, 1.165) is 22.3 Å². The van der Waals surface area contributed by atoms with Gasteiger partial charge in [0.15, 0.2) is 0 Å². The Morgan fingerprint density at radius 3 is 2.77 bits per heavy atom. The SMILES string of the molecule is CS(=O)(=O)CCCn1c(CN2C(=O)C3(CNC3)c3ccncc32)nc2cc(Cl)ccc21. The van der Waals surface area contributed by atoms with Crippen LogP contribution >= 0.6 is 11.6 Å². The van der Waals surface area contributed by atoms with Crippen molar-refractivity contribution in [3.8, 4) is 0 Å². The van der Waals surface area contributed by atoms with E-state index in [1.54, 1.807) is 29.4 Å². The summed E-state index contributed by atoms with van der Waals surface area (Å²) >= 11 is 6.16. The van der Waals surface area contributed by atoms with Crippen molar-refractivity contribution in [2.75, 3.05) is 30.0 Å². The van der Waals surface area contributed by atoms with E-state index in [2.05, 4.69) is 10.3 Å². The van der Waals surface area contributed by atoms with E-state index in [1.165, 1.54) is 6.26 Å². The molecule has 3 aromatic rings. The first-order chi connectivity index (χ1) is 14.8. The number of hydrogen-bond acceptors (Lipinski definition) is 6. The fourth-order valence-electron chi connectivity index (χ4n) is 4.51.